The number of hydrogen-bond donors (Lipinski definition) is 0. The van der Waals surface area contributed by atoms with Gasteiger partial charge in [-0.3, -0.25) is 4.79 Å². The molecule has 0 fully saturated rings. The number of benzene rings is 1. The van der Waals surface area contributed by atoms with Gasteiger partial charge in [0.15, 0.2) is 18.1 Å². The lowest BCUT2D eigenvalue weighted by Crippen LogP contribution is -2.36. The topological polar surface area (TPSA) is 38.8 Å². The lowest BCUT2D eigenvalue weighted by Gasteiger charge is -2.22. The fourth-order valence-corrected chi connectivity index (χ4v) is 2.83. The van der Waals surface area contributed by atoms with Gasteiger partial charge in [0.25, 0.3) is 5.91 Å². The Bertz CT molecular complexity index is 519. The maximum absolute atomic E-state index is 12.3. The molecule has 1 aromatic rings. The molecular formula is C18H27NO3. The van der Waals surface area contributed by atoms with Crippen molar-refractivity contribution in [3.05, 3.63) is 23.8 Å². The molecule has 0 saturated carbocycles. The summed E-state index contributed by atoms with van der Waals surface area (Å²) in [6.45, 7) is 9.92. The van der Waals surface area contributed by atoms with E-state index in [9.17, 15) is 4.79 Å². The predicted octanol–water partition coefficient (Wildman–Crippen LogP) is 3.43. The van der Waals surface area contributed by atoms with Crippen LogP contribution in [0, 0.1) is 0 Å². The van der Waals surface area contributed by atoms with Gasteiger partial charge in [-0.2, -0.15) is 0 Å². The maximum atomic E-state index is 12.3. The largest absolute Gasteiger partial charge is 0.483 e. The van der Waals surface area contributed by atoms with Gasteiger partial charge in [-0.15, -0.1) is 0 Å². The van der Waals surface area contributed by atoms with Gasteiger partial charge in [0.05, 0.1) is 0 Å². The lowest BCUT2D eigenvalue weighted by atomic mass is 10.0. The summed E-state index contributed by atoms with van der Waals surface area (Å²) >= 11 is 0. The minimum Gasteiger partial charge on any atom is -0.483 e. The van der Waals surface area contributed by atoms with Crippen molar-refractivity contribution >= 4 is 5.91 Å². The van der Waals surface area contributed by atoms with Gasteiger partial charge in [-0.05, 0) is 32.8 Å². The minimum absolute atomic E-state index is 0.0403. The van der Waals surface area contributed by atoms with Crippen LogP contribution in [0.3, 0.4) is 0 Å². The predicted molar refractivity (Wildman–Crippen MR) is 87.5 cm³/mol. The molecule has 0 saturated heterocycles. The molecule has 0 aliphatic carbocycles. The smallest absolute Gasteiger partial charge is 0.260 e. The van der Waals surface area contributed by atoms with E-state index in [1.54, 1.807) is 0 Å². The molecule has 0 aromatic heterocycles. The van der Waals surface area contributed by atoms with Crippen LogP contribution in [0.1, 0.15) is 46.1 Å². The first-order chi connectivity index (χ1) is 10.5. The van der Waals surface area contributed by atoms with Crippen LogP contribution in [0.4, 0.5) is 0 Å². The molecule has 0 N–H and O–H groups in total. The Balaban J connectivity index is 2.01. The van der Waals surface area contributed by atoms with E-state index in [1.807, 2.05) is 17.0 Å². The van der Waals surface area contributed by atoms with E-state index in [2.05, 4.69) is 33.8 Å². The summed E-state index contributed by atoms with van der Waals surface area (Å²) in [5.74, 6) is 1.50. The molecule has 22 heavy (non-hydrogen) atoms. The summed E-state index contributed by atoms with van der Waals surface area (Å²) in [5, 5.41) is 0. The van der Waals surface area contributed by atoms with Gasteiger partial charge in [0.2, 0.25) is 0 Å². The van der Waals surface area contributed by atoms with Crippen LogP contribution in [0.5, 0.6) is 11.5 Å². The molecule has 1 aliphatic heterocycles. The third kappa shape index (κ3) is 3.93. The molecule has 4 nitrogen and oxygen atoms in total. The normalized spacial score (nSPS) is 15.1. The van der Waals surface area contributed by atoms with Crippen LogP contribution in [0.25, 0.3) is 0 Å². The Morgan fingerprint density at radius 2 is 1.95 bits per heavy atom. The first-order valence-electron chi connectivity index (χ1n) is 8.18. The molecule has 1 amide bonds. The molecule has 0 atom stereocenters. The van der Waals surface area contributed by atoms with Crippen LogP contribution < -0.4 is 9.47 Å². The fourth-order valence-electron chi connectivity index (χ4n) is 2.83. The fraction of sp³-hybridized carbons (Fsp3) is 0.611. The molecule has 0 unspecified atom stereocenters. The van der Waals surface area contributed by atoms with Crippen LogP contribution in [0.2, 0.25) is 0 Å². The van der Waals surface area contributed by atoms with E-state index >= 15 is 0 Å². The summed E-state index contributed by atoms with van der Waals surface area (Å²) in [7, 11) is 0. The monoisotopic (exact) mass is 305 g/mol. The Morgan fingerprint density at radius 1 is 1.27 bits per heavy atom. The van der Waals surface area contributed by atoms with Gasteiger partial charge in [-0.25, -0.2) is 0 Å². The van der Waals surface area contributed by atoms with Crippen molar-refractivity contribution in [2.24, 2.45) is 0 Å². The molecule has 0 radical (unpaired) electrons. The van der Waals surface area contributed by atoms with Crippen molar-refractivity contribution in [2.45, 2.75) is 52.6 Å². The molecule has 0 spiro atoms. The number of carbonyl (C=O) groups excluding carboxylic acids is 1. The number of carbonyl (C=O) groups is 1. The van der Waals surface area contributed by atoms with Crippen molar-refractivity contribution in [2.75, 3.05) is 19.7 Å². The highest BCUT2D eigenvalue weighted by Gasteiger charge is 2.32. The number of rotatable bonds is 7. The Kier molecular flexibility index (Phi) is 5.33. The molecule has 4 heteroatoms. The number of ether oxygens (including phenoxy) is 2. The average Bonchev–Trinajstić information content (AvgIpc) is 2.78. The highest BCUT2D eigenvalue weighted by atomic mass is 16.5. The summed E-state index contributed by atoms with van der Waals surface area (Å²) in [5.41, 5.74) is 0.941. The first kappa shape index (κ1) is 16.7. The van der Waals surface area contributed by atoms with E-state index in [1.165, 1.54) is 0 Å². The number of hydrogen-bond acceptors (Lipinski definition) is 3. The summed E-state index contributed by atoms with van der Waals surface area (Å²) in [6, 6.07) is 5.88. The zero-order chi connectivity index (χ0) is 16.2. The van der Waals surface area contributed by atoms with Gasteiger partial charge < -0.3 is 14.4 Å². The second-order valence-electron chi connectivity index (χ2n) is 6.45. The van der Waals surface area contributed by atoms with E-state index < -0.39 is 0 Å². The summed E-state index contributed by atoms with van der Waals surface area (Å²) in [6.07, 6.45) is 2.79. The van der Waals surface area contributed by atoms with Crippen LogP contribution >= 0.6 is 0 Å². The Hall–Kier alpha value is -1.71. The SMILES string of the molecule is CCCN(CCC)C(=O)COc1cccc2c1OC(C)(C)C2. The third-order valence-corrected chi connectivity index (χ3v) is 3.75. The second-order valence-corrected chi connectivity index (χ2v) is 6.45. The van der Waals surface area contributed by atoms with Crippen molar-refractivity contribution in [3.8, 4) is 11.5 Å². The molecule has 1 aromatic carbocycles. The van der Waals surface area contributed by atoms with Gasteiger partial charge in [0.1, 0.15) is 5.60 Å². The number of nitrogens with zero attached hydrogens (tertiary/aromatic N) is 1. The van der Waals surface area contributed by atoms with E-state index in [0.717, 1.165) is 43.7 Å². The van der Waals surface area contributed by atoms with Crippen LogP contribution in [-0.4, -0.2) is 36.1 Å². The van der Waals surface area contributed by atoms with Gasteiger partial charge >= 0.3 is 0 Å². The standard InChI is InChI=1S/C18H27NO3/c1-5-10-19(11-6-2)16(20)13-21-15-9-7-8-14-12-18(3,4)22-17(14)15/h7-9H,5-6,10-13H2,1-4H3. The zero-order valence-electron chi connectivity index (χ0n) is 14.1. The summed E-state index contributed by atoms with van der Waals surface area (Å²) in [4.78, 5) is 14.2. The minimum atomic E-state index is -0.206. The maximum Gasteiger partial charge on any atom is 0.260 e. The zero-order valence-corrected chi connectivity index (χ0v) is 14.1. The van der Waals surface area contributed by atoms with Crippen molar-refractivity contribution in [1.82, 2.24) is 4.90 Å². The highest BCUT2D eigenvalue weighted by molar-refractivity contribution is 5.77. The van der Waals surface area contributed by atoms with Crippen molar-refractivity contribution < 1.29 is 14.3 Å². The lowest BCUT2D eigenvalue weighted by molar-refractivity contribution is -0.133. The van der Waals surface area contributed by atoms with Crippen LogP contribution in [-0.2, 0) is 11.2 Å². The van der Waals surface area contributed by atoms with Crippen molar-refractivity contribution in [1.29, 1.82) is 0 Å². The third-order valence-electron chi connectivity index (χ3n) is 3.75. The highest BCUT2D eigenvalue weighted by Crippen LogP contribution is 2.41. The van der Waals surface area contributed by atoms with Crippen molar-refractivity contribution in [3.63, 3.8) is 0 Å². The molecule has 1 aliphatic rings. The molecule has 2 rings (SSSR count). The van der Waals surface area contributed by atoms with E-state index in [0.29, 0.717) is 5.75 Å². The first-order valence-corrected chi connectivity index (χ1v) is 8.18. The van der Waals surface area contributed by atoms with Gasteiger partial charge in [-0.1, -0.05) is 26.0 Å². The van der Waals surface area contributed by atoms with Crippen LogP contribution in [0.15, 0.2) is 18.2 Å². The van der Waals surface area contributed by atoms with E-state index in [4.69, 9.17) is 9.47 Å². The number of fused-ring (bicyclic) bond motifs is 1. The molecule has 0 bridgehead atoms. The number of amides is 1. The second kappa shape index (κ2) is 7.03. The molecule has 122 valence electrons. The Labute approximate surface area is 133 Å². The average molecular weight is 305 g/mol. The van der Waals surface area contributed by atoms with E-state index in [-0.39, 0.29) is 18.1 Å². The van der Waals surface area contributed by atoms with Gasteiger partial charge in [0, 0.05) is 25.1 Å². The Morgan fingerprint density at radius 3 is 2.59 bits per heavy atom. The number of para-hydroxylation sites is 1. The summed E-state index contributed by atoms with van der Waals surface area (Å²) < 4.78 is 11.7. The molecular weight excluding hydrogens is 278 g/mol. The quantitative estimate of drug-likeness (QED) is 0.774. The molecule has 1 heterocycles.